The van der Waals surface area contributed by atoms with Crippen LogP contribution in [0.25, 0.3) is 33.1 Å². The van der Waals surface area contributed by atoms with Crippen molar-refractivity contribution in [2.45, 2.75) is 52.4 Å². The number of carbonyl (C=O) groups is 2. The largest absolute Gasteiger partial charge is 0.289 e. The highest BCUT2D eigenvalue weighted by Gasteiger charge is 2.36. The molecule has 0 saturated heterocycles. The number of aryl methyl sites for hydroxylation is 2. The smallest absolute Gasteiger partial charge is 0.194 e. The molecule has 7 rings (SSSR count). The third-order valence-corrected chi connectivity index (χ3v) is 12.6. The van der Waals surface area contributed by atoms with Gasteiger partial charge in [0.2, 0.25) is 0 Å². The summed E-state index contributed by atoms with van der Waals surface area (Å²) in [5, 5.41) is 39.1. The molecule has 0 spiro atoms. The van der Waals surface area contributed by atoms with Crippen molar-refractivity contribution in [3.8, 4) is 34.0 Å². The van der Waals surface area contributed by atoms with Crippen LogP contribution in [-0.2, 0) is 12.8 Å². The minimum Gasteiger partial charge on any atom is -0.289 e. The topological polar surface area (TPSA) is 129 Å². The van der Waals surface area contributed by atoms with E-state index in [1.807, 2.05) is 12.1 Å². The van der Waals surface area contributed by atoms with Crippen molar-refractivity contribution >= 4 is 57.5 Å². The Labute approximate surface area is 321 Å². The lowest BCUT2D eigenvalue weighted by atomic mass is 9.82. The first-order valence-electron chi connectivity index (χ1n) is 17.2. The molecule has 0 bridgehead atoms. The summed E-state index contributed by atoms with van der Waals surface area (Å²) in [7, 11) is 0. The maximum atomic E-state index is 14.4. The third kappa shape index (κ3) is 6.55. The van der Waals surface area contributed by atoms with E-state index >= 15 is 0 Å². The zero-order valence-electron chi connectivity index (χ0n) is 29.3. The van der Waals surface area contributed by atoms with Gasteiger partial charge in [-0.2, -0.15) is 21.0 Å². The second-order valence-corrected chi connectivity index (χ2v) is 16.4. The number of thiophene rings is 2. The lowest BCUT2D eigenvalue weighted by molar-refractivity contribution is 0.103. The Kier molecular flexibility index (Phi) is 9.61. The number of ketones is 2. The quantitative estimate of drug-likeness (QED) is 0.113. The summed E-state index contributed by atoms with van der Waals surface area (Å²) in [6.07, 6.45) is 8.04. The van der Waals surface area contributed by atoms with Gasteiger partial charge < -0.3 is 0 Å². The standard InChI is InChI=1S/C43H26F4N4O2S2/c1-43(2)7-3-5-21-9-25(11-31-37(23(17-48)18-49)27-13-33(44)35(46)15-29(27)39(31)52)54-41(21)42-22(6-4-8-43)10-26(55-42)12-32-38(24(19-50)20-51)28-14-34(45)36(47)16-30(28)40(32)53/h9-16H,3-8H2,1-2H3/b31-11-,32-12-. The third-order valence-electron chi connectivity index (χ3n) is 10.2. The molecule has 12 heteroatoms. The molecule has 2 heterocycles. The zero-order valence-corrected chi connectivity index (χ0v) is 30.9. The predicted octanol–water partition coefficient (Wildman–Crippen LogP) is 10.9. The second-order valence-electron chi connectivity index (χ2n) is 14.2. The van der Waals surface area contributed by atoms with E-state index in [0.717, 1.165) is 70.8 Å². The summed E-state index contributed by atoms with van der Waals surface area (Å²) in [6, 6.07) is 14.2. The van der Waals surface area contributed by atoms with Crippen LogP contribution in [0.4, 0.5) is 17.6 Å². The Balaban J connectivity index is 1.40. The fourth-order valence-electron chi connectivity index (χ4n) is 7.50. The van der Waals surface area contributed by atoms with E-state index < -0.39 is 46.0 Å². The molecule has 3 aliphatic rings. The number of rotatable bonds is 2. The summed E-state index contributed by atoms with van der Waals surface area (Å²) in [4.78, 5) is 30.3. The van der Waals surface area contributed by atoms with Gasteiger partial charge in [-0.15, -0.1) is 22.7 Å². The molecule has 55 heavy (non-hydrogen) atoms. The van der Waals surface area contributed by atoms with Crippen LogP contribution in [0.3, 0.4) is 0 Å². The number of halogens is 4. The van der Waals surface area contributed by atoms with Crippen molar-refractivity contribution in [1.82, 2.24) is 0 Å². The summed E-state index contributed by atoms with van der Waals surface area (Å²) in [5.41, 5.74) is 0.573. The Hall–Kier alpha value is -6.18. The molecule has 6 nitrogen and oxygen atoms in total. The van der Waals surface area contributed by atoms with Crippen molar-refractivity contribution in [2.75, 3.05) is 0 Å². The van der Waals surface area contributed by atoms with E-state index in [1.54, 1.807) is 36.4 Å². The van der Waals surface area contributed by atoms with E-state index in [0.29, 0.717) is 22.6 Å². The Bertz CT molecular complexity index is 2500. The molecule has 3 aliphatic carbocycles. The fourth-order valence-corrected chi connectivity index (χ4v) is 10.0. The lowest BCUT2D eigenvalue weighted by Crippen LogP contribution is -2.11. The summed E-state index contributed by atoms with van der Waals surface area (Å²) in [6.45, 7) is 4.44. The maximum absolute atomic E-state index is 14.4. The predicted molar refractivity (Wildman–Crippen MR) is 201 cm³/mol. The van der Waals surface area contributed by atoms with E-state index in [4.69, 9.17) is 0 Å². The first-order chi connectivity index (χ1) is 26.3. The van der Waals surface area contributed by atoms with E-state index in [9.17, 15) is 48.2 Å². The monoisotopic (exact) mass is 770 g/mol. The van der Waals surface area contributed by atoms with Gasteiger partial charge in [-0.1, -0.05) is 13.8 Å². The molecule has 0 fully saturated rings. The van der Waals surface area contributed by atoms with Crippen LogP contribution in [0.5, 0.6) is 0 Å². The highest BCUT2D eigenvalue weighted by atomic mass is 32.1. The average molecular weight is 771 g/mol. The molecular weight excluding hydrogens is 745 g/mol. The molecule has 2 aromatic heterocycles. The SMILES string of the molecule is CC1(C)CCCc2cc(/C=C3\C(=O)c4cc(F)c(F)cc4C3=C(C#N)C#N)sc2-c2sc(/C=C3\C(=O)c4cc(F)c(F)cc4C3=C(C#N)C#N)cc2CCC1. The Morgan fingerprint density at radius 2 is 0.945 bits per heavy atom. The van der Waals surface area contributed by atoms with Gasteiger partial charge in [0, 0.05) is 52.9 Å². The lowest BCUT2D eigenvalue weighted by Gasteiger charge is -2.24. The number of hydrogen-bond donors (Lipinski definition) is 0. The minimum atomic E-state index is -1.23. The number of benzene rings is 2. The van der Waals surface area contributed by atoms with Gasteiger partial charge in [0.1, 0.15) is 35.4 Å². The van der Waals surface area contributed by atoms with E-state index in [1.165, 1.54) is 22.7 Å². The molecule has 0 saturated carbocycles. The maximum Gasteiger partial charge on any atom is 0.194 e. The number of nitrogens with zero attached hydrogens (tertiary/aromatic N) is 4. The van der Waals surface area contributed by atoms with Gasteiger partial charge in [-0.25, -0.2) is 17.6 Å². The van der Waals surface area contributed by atoms with Crippen LogP contribution in [0, 0.1) is 74.0 Å². The van der Waals surface area contributed by atoms with Crippen LogP contribution in [-0.4, -0.2) is 11.6 Å². The zero-order chi connectivity index (χ0) is 39.3. The van der Waals surface area contributed by atoms with Crippen molar-refractivity contribution in [1.29, 1.82) is 21.0 Å². The molecule has 0 radical (unpaired) electrons. The number of Topliss-reactive ketones (excluding diaryl/α,β-unsaturated/α-hetero) is 2. The van der Waals surface area contributed by atoms with Crippen LogP contribution in [0.1, 0.15) is 92.3 Å². The van der Waals surface area contributed by atoms with Gasteiger partial charge in [0.25, 0.3) is 0 Å². The first kappa shape index (κ1) is 37.1. The van der Waals surface area contributed by atoms with Crippen molar-refractivity contribution in [3.63, 3.8) is 0 Å². The molecule has 4 aromatic rings. The molecule has 2 aromatic carbocycles. The van der Waals surface area contributed by atoms with Crippen LogP contribution in [0.15, 0.2) is 58.7 Å². The molecule has 270 valence electrons. The number of fused-ring (bicyclic) bond motifs is 5. The normalized spacial score (nSPS) is 17.3. The van der Waals surface area contributed by atoms with Crippen molar-refractivity contribution in [3.05, 3.63) is 125 Å². The molecule has 0 N–H and O–H groups in total. The second kappa shape index (κ2) is 14.2. The van der Waals surface area contributed by atoms with Crippen molar-refractivity contribution in [2.24, 2.45) is 5.41 Å². The molecule has 0 aliphatic heterocycles. The highest BCUT2D eigenvalue weighted by molar-refractivity contribution is 7.23. The van der Waals surface area contributed by atoms with Gasteiger partial charge >= 0.3 is 0 Å². The van der Waals surface area contributed by atoms with Crippen LogP contribution >= 0.6 is 22.7 Å². The van der Waals surface area contributed by atoms with E-state index in [-0.39, 0.29) is 50.0 Å². The minimum absolute atomic E-state index is 0.0335. The molecule has 0 amide bonds. The Morgan fingerprint density at radius 1 is 0.600 bits per heavy atom. The number of allylic oxidation sites excluding steroid dienone is 6. The van der Waals surface area contributed by atoms with Gasteiger partial charge in [0.15, 0.2) is 34.8 Å². The van der Waals surface area contributed by atoms with Crippen molar-refractivity contribution < 1.29 is 27.2 Å². The molecule has 0 unspecified atom stereocenters. The molecule has 0 atom stereocenters. The van der Waals surface area contributed by atoms with Gasteiger partial charge in [-0.3, -0.25) is 9.59 Å². The Morgan fingerprint density at radius 3 is 1.29 bits per heavy atom. The average Bonchev–Trinajstić information content (AvgIpc) is 3.86. The van der Waals surface area contributed by atoms with Crippen LogP contribution in [0.2, 0.25) is 0 Å². The fraction of sp³-hybridized carbons (Fsp3) is 0.209. The van der Waals surface area contributed by atoms with Crippen LogP contribution < -0.4 is 0 Å². The first-order valence-corrected chi connectivity index (χ1v) is 18.8. The molecular formula is C43H26F4N4O2S2. The summed E-state index contributed by atoms with van der Waals surface area (Å²) >= 11 is 2.73. The summed E-state index contributed by atoms with van der Waals surface area (Å²) in [5.74, 6) is -6.20. The number of nitriles is 4. The number of carbonyl (C=O) groups excluding carboxylic acids is 2. The van der Waals surface area contributed by atoms with E-state index in [2.05, 4.69) is 13.8 Å². The van der Waals surface area contributed by atoms with Gasteiger partial charge in [0.05, 0.1) is 0 Å². The summed E-state index contributed by atoms with van der Waals surface area (Å²) < 4.78 is 57.4. The highest BCUT2D eigenvalue weighted by Crippen LogP contribution is 2.48. The number of hydrogen-bond acceptors (Lipinski definition) is 8. The van der Waals surface area contributed by atoms with Gasteiger partial charge in [-0.05, 0) is 115 Å².